The van der Waals surface area contributed by atoms with Crippen molar-refractivity contribution in [1.82, 2.24) is 38.6 Å². The summed E-state index contributed by atoms with van der Waals surface area (Å²) in [6.07, 6.45) is 8.12. The molecule has 0 amide bonds. The maximum absolute atomic E-state index is 13.6. The first-order valence-corrected chi connectivity index (χ1v) is 13.8. The Bertz CT molecular complexity index is 1930. The fourth-order valence-corrected chi connectivity index (χ4v) is 6.04. The highest BCUT2D eigenvalue weighted by molar-refractivity contribution is 5.80. The van der Waals surface area contributed by atoms with Crippen LogP contribution in [0.1, 0.15) is 29.8 Å². The number of fused-ring (bicyclic) bond motifs is 4. The molecular formula is C29H31N9O3. The highest BCUT2D eigenvalue weighted by Crippen LogP contribution is 2.29. The van der Waals surface area contributed by atoms with Gasteiger partial charge in [-0.3, -0.25) is 19.2 Å². The molecule has 41 heavy (non-hydrogen) atoms. The highest BCUT2D eigenvalue weighted by atomic mass is 16.3. The molecule has 12 heteroatoms. The van der Waals surface area contributed by atoms with Crippen LogP contribution in [-0.2, 0) is 39.7 Å². The van der Waals surface area contributed by atoms with Crippen molar-refractivity contribution in [3.8, 4) is 16.9 Å². The molecule has 0 aromatic carbocycles. The number of anilines is 2. The molecule has 0 radical (unpaired) electrons. The number of aliphatic hydroxyl groups is 1. The van der Waals surface area contributed by atoms with E-state index in [1.54, 1.807) is 37.8 Å². The molecule has 0 saturated carbocycles. The Hall–Kier alpha value is -4.55. The van der Waals surface area contributed by atoms with Crippen molar-refractivity contribution in [2.45, 2.75) is 45.5 Å². The van der Waals surface area contributed by atoms with Crippen LogP contribution in [0, 0.1) is 0 Å². The topological polar surface area (TPSA) is 128 Å². The average molecular weight is 554 g/mol. The van der Waals surface area contributed by atoms with E-state index in [4.69, 9.17) is 0 Å². The van der Waals surface area contributed by atoms with Gasteiger partial charge in [-0.25, -0.2) is 4.98 Å². The quantitative estimate of drug-likeness (QED) is 0.339. The number of nitrogens with one attached hydrogen (secondary N) is 1. The number of nitrogens with zero attached hydrogens (tertiary/aromatic N) is 8. The van der Waals surface area contributed by atoms with Gasteiger partial charge < -0.3 is 19.6 Å². The zero-order chi connectivity index (χ0) is 28.2. The largest absolute Gasteiger partial charge is 0.392 e. The van der Waals surface area contributed by atoms with Gasteiger partial charge in [0.05, 0.1) is 35.9 Å². The van der Waals surface area contributed by atoms with Crippen LogP contribution in [0.2, 0.25) is 0 Å². The van der Waals surface area contributed by atoms with Crippen molar-refractivity contribution >= 4 is 22.4 Å². The molecule has 5 aromatic rings. The molecule has 0 atom stereocenters. The number of aliphatic hydroxyl groups excluding tert-OH is 1. The molecular weight excluding hydrogens is 522 g/mol. The SMILES string of the molecule is CN1CCn2nc(Nc3cc(-c4ccnc(-n5ncc6c(cc7n6CCCC7)c5=O)c4CO)cn(C)c3=O)cc2C1. The van der Waals surface area contributed by atoms with Gasteiger partial charge >= 0.3 is 0 Å². The molecule has 0 unspecified atom stereocenters. The fourth-order valence-electron chi connectivity index (χ4n) is 6.04. The van der Waals surface area contributed by atoms with Crippen LogP contribution in [0.15, 0.2) is 52.4 Å². The van der Waals surface area contributed by atoms with E-state index < -0.39 is 0 Å². The van der Waals surface area contributed by atoms with Crippen molar-refractivity contribution in [1.29, 1.82) is 0 Å². The Morgan fingerprint density at radius 2 is 1.90 bits per heavy atom. The summed E-state index contributed by atoms with van der Waals surface area (Å²) in [7, 11) is 3.75. The molecule has 2 N–H and O–H groups in total. The molecule has 7 heterocycles. The molecule has 0 spiro atoms. The molecule has 210 valence electrons. The molecule has 0 aliphatic carbocycles. The van der Waals surface area contributed by atoms with E-state index in [1.165, 1.54) is 9.25 Å². The van der Waals surface area contributed by atoms with Gasteiger partial charge in [0.15, 0.2) is 11.6 Å². The first-order chi connectivity index (χ1) is 19.9. The minimum atomic E-state index is -0.371. The lowest BCUT2D eigenvalue weighted by Gasteiger charge is -2.22. The third kappa shape index (κ3) is 4.26. The van der Waals surface area contributed by atoms with Crippen LogP contribution in [0.25, 0.3) is 27.8 Å². The van der Waals surface area contributed by atoms with E-state index >= 15 is 0 Å². The van der Waals surface area contributed by atoms with Gasteiger partial charge in [0.1, 0.15) is 5.69 Å². The van der Waals surface area contributed by atoms with E-state index in [2.05, 4.69) is 37.0 Å². The van der Waals surface area contributed by atoms with Gasteiger partial charge in [-0.05, 0) is 50.1 Å². The van der Waals surface area contributed by atoms with Crippen LogP contribution in [-0.4, -0.2) is 57.3 Å². The molecule has 2 aliphatic rings. The maximum Gasteiger partial charge on any atom is 0.282 e. The van der Waals surface area contributed by atoms with E-state index in [0.717, 1.165) is 62.3 Å². The summed E-state index contributed by atoms with van der Waals surface area (Å²) in [6, 6.07) is 7.42. The number of rotatable bonds is 5. The Balaban J connectivity index is 1.30. The first-order valence-electron chi connectivity index (χ1n) is 13.8. The fraction of sp³-hybridized carbons (Fsp3) is 0.345. The summed E-state index contributed by atoms with van der Waals surface area (Å²) in [5.41, 5.74) is 4.68. The Kier molecular flexibility index (Phi) is 6.09. The lowest BCUT2D eigenvalue weighted by molar-refractivity contribution is 0.259. The second-order valence-electron chi connectivity index (χ2n) is 10.9. The number of likely N-dealkylation sites (N-methyl/N-ethyl adjacent to an activating group) is 1. The van der Waals surface area contributed by atoms with Crippen molar-refractivity contribution in [2.75, 3.05) is 18.9 Å². The van der Waals surface area contributed by atoms with Gasteiger partial charge in [0.25, 0.3) is 11.1 Å². The summed E-state index contributed by atoms with van der Waals surface area (Å²) < 4.78 is 6.88. The summed E-state index contributed by atoms with van der Waals surface area (Å²) in [4.78, 5) is 33.4. The lowest BCUT2D eigenvalue weighted by Crippen LogP contribution is -2.30. The molecule has 0 bridgehead atoms. The summed E-state index contributed by atoms with van der Waals surface area (Å²) in [5.74, 6) is 0.858. The minimum Gasteiger partial charge on any atom is -0.392 e. The molecule has 5 aromatic heterocycles. The van der Waals surface area contributed by atoms with E-state index in [-0.39, 0.29) is 23.5 Å². The van der Waals surface area contributed by atoms with E-state index in [9.17, 15) is 14.7 Å². The smallest absolute Gasteiger partial charge is 0.282 e. The number of aromatic nitrogens is 7. The summed E-state index contributed by atoms with van der Waals surface area (Å²) in [5, 5.41) is 23.4. The number of aryl methyl sites for hydroxylation is 3. The van der Waals surface area contributed by atoms with Crippen LogP contribution < -0.4 is 16.4 Å². The van der Waals surface area contributed by atoms with Crippen LogP contribution >= 0.6 is 0 Å². The van der Waals surface area contributed by atoms with E-state index in [0.29, 0.717) is 33.6 Å². The third-order valence-corrected chi connectivity index (χ3v) is 8.14. The molecule has 0 saturated heterocycles. The molecule has 2 aliphatic heterocycles. The summed E-state index contributed by atoms with van der Waals surface area (Å²) in [6.45, 7) is 3.00. The van der Waals surface area contributed by atoms with Crippen LogP contribution in [0.4, 0.5) is 11.5 Å². The van der Waals surface area contributed by atoms with Crippen molar-refractivity contribution in [2.24, 2.45) is 7.05 Å². The number of pyridine rings is 2. The minimum absolute atomic E-state index is 0.210. The zero-order valence-electron chi connectivity index (χ0n) is 23.0. The van der Waals surface area contributed by atoms with Gasteiger partial charge in [-0.15, -0.1) is 0 Å². The number of hydrogen-bond acceptors (Lipinski definition) is 8. The lowest BCUT2D eigenvalue weighted by atomic mass is 10.0. The normalized spacial score (nSPS) is 15.2. The predicted octanol–water partition coefficient (Wildman–Crippen LogP) is 2.16. The Morgan fingerprint density at radius 1 is 1.02 bits per heavy atom. The van der Waals surface area contributed by atoms with E-state index in [1.807, 2.05) is 16.8 Å². The van der Waals surface area contributed by atoms with Crippen molar-refractivity contribution in [3.05, 3.63) is 80.5 Å². The average Bonchev–Trinajstić information content (AvgIpc) is 3.56. The zero-order valence-corrected chi connectivity index (χ0v) is 23.0. The maximum atomic E-state index is 13.6. The monoisotopic (exact) mass is 553 g/mol. The van der Waals surface area contributed by atoms with Crippen molar-refractivity contribution in [3.63, 3.8) is 0 Å². The molecule has 7 rings (SSSR count). The van der Waals surface area contributed by atoms with Crippen LogP contribution in [0.3, 0.4) is 0 Å². The molecule has 12 nitrogen and oxygen atoms in total. The van der Waals surface area contributed by atoms with Gasteiger partial charge in [-0.2, -0.15) is 14.9 Å². The summed E-state index contributed by atoms with van der Waals surface area (Å²) >= 11 is 0. The van der Waals surface area contributed by atoms with Gasteiger partial charge in [0.2, 0.25) is 0 Å². The standard InChI is InChI=1S/C29H31N9O3/c1-34-9-10-37-20(16-34)13-26(33-37)32-24-11-18(15-35(2)29(24)41)21-6-7-30-27(23(21)17-39)38-28(40)22-12-19-5-3-4-8-36(19)25(22)14-31-38/h6-7,11-15,39H,3-5,8-10,16-17H2,1-2H3,(H,32,33). The van der Waals surface area contributed by atoms with Gasteiger partial charge in [0, 0.05) is 62.0 Å². The van der Waals surface area contributed by atoms with Crippen LogP contribution in [0.5, 0.6) is 0 Å². The Labute approximate surface area is 235 Å². The van der Waals surface area contributed by atoms with Crippen molar-refractivity contribution < 1.29 is 5.11 Å². The first kappa shape index (κ1) is 25.4. The highest BCUT2D eigenvalue weighted by Gasteiger charge is 2.21. The van der Waals surface area contributed by atoms with Gasteiger partial charge in [-0.1, -0.05) is 0 Å². The number of hydrogen-bond donors (Lipinski definition) is 2. The predicted molar refractivity (Wildman–Crippen MR) is 155 cm³/mol. The second kappa shape index (κ2) is 9.82. The second-order valence-corrected chi connectivity index (χ2v) is 10.9. The third-order valence-electron chi connectivity index (χ3n) is 8.14. The Morgan fingerprint density at radius 3 is 2.76 bits per heavy atom. The molecule has 0 fully saturated rings.